The van der Waals surface area contributed by atoms with Crippen molar-refractivity contribution in [1.29, 1.82) is 0 Å². The van der Waals surface area contributed by atoms with Gasteiger partial charge in [0, 0.05) is 12.1 Å². The average Bonchev–Trinajstić information content (AvgIpc) is 3.02. The largest absolute Gasteiger partial charge is 0.496 e. The minimum absolute atomic E-state index is 0.263. The van der Waals surface area contributed by atoms with Gasteiger partial charge in [-0.25, -0.2) is 0 Å². The van der Waals surface area contributed by atoms with Gasteiger partial charge in [-0.3, -0.25) is 4.79 Å². The second-order valence-electron chi connectivity index (χ2n) is 5.25. The van der Waals surface area contributed by atoms with Crippen molar-refractivity contribution < 1.29 is 9.53 Å². The second-order valence-corrected chi connectivity index (χ2v) is 5.25. The molecule has 0 unspecified atom stereocenters. The first-order valence-corrected chi connectivity index (χ1v) is 7.58. The predicted octanol–water partition coefficient (Wildman–Crippen LogP) is 2.51. The number of amides is 1. The highest BCUT2D eigenvalue weighted by Crippen LogP contribution is 2.17. The summed E-state index contributed by atoms with van der Waals surface area (Å²) >= 11 is 0. The highest BCUT2D eigenvalue weighted by Gasteiger charge is 2.16. The van der Waals surface area contributed by atoms with Crippen LogP contribution < -0.4 is 10.1 Å². The fourth-order valence-electron chi connectivity index (χ4n) is 2.37. The molecule has 122 valence electrons. The fourth-order valence-corrected chi connectivity index (χ4v) is 2.37. The molecule has 1 amide bonds. The van der Waals surface area contributed by atoms with Crippen molar-refractivity contribution in [2.45, 2.75) is 13.5 Å². The zero-order chi connectivity index (χ0) is 16.9. The maximum atomic E-state index is 12.4. The summed E-state index contributed by atoms with van der Waals surface area (Å²) < 4.78 is 5.29. The molecule has 0 spiro atoms. The van der Waals surface area contributed by atoms with Crippen molar-refractivity contribution in [3.05, 3.63) is 71.5 Å². The summed E-state index contributed by atoms with van der Waals surface area (Å²) in [5.41, 5.74) is 2.61. The first-order valence-electron chi connectivity index (χ1n) is 7.58. The van der Waals surface area contributed by atoms with E-state index in [0.29, 0.717) is 17.9 Å². The summed E-state index contributed by atoms with van der Waals surface area (Å²) in [6.45, 7) is 2.13. The zero-order valence-electron chi connectivity index (χ0n) is 13.6. The highest BCUT2D eigenvalue weighted by atomic mass is 16.5. The van der Waals surface area contributed by atoms with Crippen LogP contribution in [0.3, 0.4) is 0 Å². The SMILES string of the molecule is COc1ccccc1CNC(=O)c1nn(-c2ccccc2)nc1C. The Bertz CT molecular complexity index is 843. The van der Waals surface area contributed by atoms with E-state index in [1.807, 2.05) is 54.6 Å². The van der Waals surface area contributed by atoms with Crippen LogP contribution in [-0.2, 0) is 6.54 Å². The number of aryl methyl sites for hydroxylation is 1. The van der Waals surface area contributed by atoms with Gasteiger partial charge < -0.3 is 10.1 Å². The minimum Gasteiger partial charge on any atom is -0.496 e. The summed E-state index contributed by atoms with van der Waals surface area (Å²) in [4.78, 5) is 13.9. The van der Waals surface area contributed by atoms with Gasteiger partial charge in [0.25, 0.3) is 5.91 Å². The Morgan fingerprint density at radius 3 is 2.54 bits per heavy atom. The Kier molecular flexibility index (Phi) is 4.56. The lowest BCUT2D eigenvalue weighted by atomic mass is 10.2. The molecule has 0 aliphatic rings. The third kappa shape index (κ3) is 3.27. The lowest BCUT2D eigenvalue weighted by molar-refractivity contribution is 0.0944. The number of hydrogen-bond acceptors (Lipinski definition) is 4. The summed E-state index contributed by atoms with van der Waals surface area (Å²) in [5.74, 6) is 0.475. The van der Waals surface area contributed by atoms with Gasteiger partial charge in [-0.15, -0.1) is 5.10 Å². The van der Waals surface area contributed by atoms with E-state index in [1.54, 1.807) is 14.0 Å². The van der Waals surface area contributed by atoms with Crippen LogP contribution in [-0.4, -0.2) is 28.0 Å². The molecule has 2 aromatic carbocycles. The van der Waals surface area contributed by atoms with Gasteiger partial charge in [0.1, 0.15) is 5.75 Å². The van der Waals surface area contributed by atoms with Crippen LogP contribution >= 0.6 is 0 Å². The van der Waals surface area contributed by atoms with E-state index in [1.165, 1.54) is 4.80 Å². The molecule has 6 nitrogen and oxygen atoms in total. The Hall–Kier alpha value is -3.15. The normalized spacial score (nSPS) is 10.4. The van der Waals surface area contributed by atoms with Crippen molar-refractivity contribution in [1.82, 2.24) is 20.3 Å². The minimum atomic E-state index is -0.263. The van der Waals surface area contributed by atoms with Crippen molar-refractivity contribution >= 4 is 5.91 Å². The quantitative estimate of drug-likeness (QED) is 0.783. The molecule has 0 saturated carbocycles. The van der Waals surface area contributed by atoms with Crippen LogP contribution in [0.1, 0.15) is 21.7 Å². The Morgan fingerprint density at radius 2 is 1.79 bits per heavy atom. The number of aromatic nitrogens is 3. The van der Waals surface area contributed by atoms with Crippen molar-refractivity contribution in [2.24, 2.45) is 0 Å². The zero-order valence-corrected chi connectivity index (χ0v) is 13.6. The molecular formula is C18H18N4O2. The summed E-state index contributed by atoms with van der Waals surface area (Å²) in [6.07, 6.45) is 0. The van der Waals surface area contributed by atoms with Crippen molar-refractivity contribution in [3.63, 3.8) is 0 Å². The monoisotopic (exact) mass is 322 g/mol. The molecular weight excluding hydrogens is 304 g/mol. The number of methoxy groups -OCH3 is 1. The Labute approximate surface area is 140 Å². The van der Waals surface area contributed by atoms with Crippen LogP contribution in [0, 0.1) is 6.92 Å². The van der Waals surface area contributed by atoms with Gasteiger partial charge in [0.2, 0.25) is 0 Å². The number of nitrogens with one attached hydrogen (secondary N) is 1. The molecule has 0 aliphatic heterocycles. The van der Waals surface area contributed by atoms with E-state index in [-0.39, 0.29) is 5.91 Å². The maximum absolute atomic E-state index is 12.4. The first kappa shape index (κ1) is 15.7. The summed E-state index contributed by atoms with van der Waals surface area (Å²) in [5, 5.41) is 11.5. The van der Waals surface area contributed by atoms with Gasteiger partial charge in [-0.1, -0.05) is 36.4 Å². The smallest absolute Gasteiger partial charge is 0.274 e. The van der Waals surface area contributed by atoms with Gasteiger partial charge in [0.05, 0.1) is 18.5 Å². The molecule has 24 heavy (non-hydrogen) atoms. The molecule has 0 atom stereocenters. The number of hydrogen-bond donors (Lipinski definition) is 1. The topological polar surface area (TPSA) is 69.0 Å². The number of carbonyl (C=O) groups is 1. The molecule has 0 saturated heterocycles. The third-order valence-corrected chi connectivity index (χ3v) is 3.62. The Morgan fingerprint density at radius 1 is 1.08 bits per heavy atom. The van der Waals surface area contributed by atoms with Crippen LogP contribution in [0.5, 0.6) is 5.75 Å². The van der Waals surface area contributed by atoms with Crippen LogP contribution in [0.2, 0.25) is 0 Å². The van der Waals surface area contributed by atoms with E-state index in [4.69, 9.17) is 4.74 Å². The number of para-hydroxylation sites is 2. The molecule has 6 heteroatoms. The van der Waals surface area contributed by atoms with E-state index < -0.39 is 0 Å². The van der Waals surface area contributed by atoms with E-state index >= 15 is 0 Å². The second kappa shape index (κ2) is 6.95. The number of ether oxygens (including phenoxy) is 1. The molecule has 0 aliphatic carbocycles. The number of nitrogens with zero attached hydrogens (tertiary/aromatic N) is 3. The molecule has 1 N–H and O–H groups in total. The van der Waals surface area contributed by atoms with Gasteiger partial charge in [-0.05, 0) is 25.1 Å². The average molecular weight is 322 g/mol. The van der Waals surface area contributed by atoms with Crippen LogP contribution in [0.4, 0.5) is 0 Å². The lowest BCUT2D eigenvalue weighted by Gasteiger charge is -2.08. The van der Waals surface area contributed by atoms with Crippen LogP contribution in [0.15, 0.2) is 54.6 Å². The van der Waals surface area contributed by atoms with Crippen LogP contribution in [0.25, 0.3) is 5.69 Å². The van der Waals surface area contributed by atoms with E-state index in [2.05, 4.69) is 15.5 Å². The van der Waals surface area contributed by atoms with E-state index in [0.717, 1.165) is 17.0 Å². The Balaban J connectivity index is 1.75. The summed E-state index contributed by atoms with van der Waals surface area (Å²) in [7, 11) is 1.61. The highest BCUT2D eigenvalue weighted by molar-refractivity contribution is 5.93. The number of rotatable bonds is 5. The van der Waals surface area contributed by atoms with Gasteiger partial charge in [0.15, 0.2) is 5.69 Å². The molecule has 0 bridgehead atoms. The number of benzene rings is 2. The molecule has 3 aromatic rings. The molecule has 1 heterocycles. The lowest BCUT2D eigenvalue weighted by Crippen LogP contribution is -2.24. The fraction of sp³-hybridized carbons (Fsp3) is 0.167. The molecule has 3 rings (SSSR count). The molecule has 0 radical (unpaired) electrons. The predicted molar refractivity (Wildman–Crippen MR) is 90.3 cm³/mol. The first-order chi connectivity index (χ1) is 11.7. The maximum Gasteiger partial charge on any atom is 0.274 e. The van der Waals surface area contributed by atoms with E-state index in [9.17, 15) is 4.79 Å². The molecule has 0 fully saturated rings. The summed E-state index contributed by atoms with van der Waals surface area (Å²) in [6, 6.07) is 17.0. The van der Waals surface area contributed by atoms with Gasteiger partial charge >= 0.3 is 0 Å². The number of carbonyl (C=O) groups excluding carboxylic acids is 1. The standard InChI is InChI=1S/C18H18N4O2/c1-13-17(21-22(20-13)15-9-4-3-5-10-15)18(23)19-12-14-8-6-7-11-16(14)24-2/h3-11H,12H2,1-2H3,(H,19,23). The molecule has 1 aromatic heterocycles. The van der Waals surface area contributed by atoms with Crippen molar-refractivity contribution in [2.75, 3.05) is 7.11 Å². The van der Waals surface area contributed by atoms with Gasteiger partial charge in [-0.2, -0.15) is 9.90 Å². The van der Waals surface area contributed by atoms with Crippen molar-refractivity contribution in [3.8, 4) is 11.4 Å². The third-order valence-electron chi connectivity index (χ3n) is 3.62.